The van der Waals surface area contributed by atoms with Crippen molar-refractivity contribution >= 4 is 5.91 Å². The van der Waals surface area contributed by atoms with Gasteiger partial charge in [0.2, 0.25) is 5.91 Å². The Morgan fingerprint density at radius 1 is 1.57 bits per heavy atom. The Hall–Kier alpha value is -1.25. The van der Waals surface area contributed by atoms with Crippen LogP contribution in [0.5, 0.6) is 0 Å². The fourth-order valence-corrected chi connectivity index (χ4v) is 1.50. The molecule has 0 saturated heterocycles. The van der Waals surface area contributed by atoms with Crippen molar-refractivity contribution in [3.8, 4) is 0 Å². The van der Waals surface area contributed by atoms with Crippen LogP contribution >= 0.6 is 0 Å². The molecule has 0 radical (unpaired) electrons. The number of hydrogen-bond acceptors (Lipinski definition) is 2. The number of amides is 1. The third kappa shape index (κ3) is 2.37. The number of hydrogen-bond donors (Lipinski definition) is 1. The van der Waals surface area contributed by atoms with Crippen LogP contribution in [-0.4, -0.2) is 5.91 Å². The summed E-state index contributed by atoms with van der Waals surface area (Å²) in [5.74, 6) is 1.83. The summed E-state index contributed by atoms with van der Waals surface area (Å²) >= 11 is 0. The fourth-order valence-electron chi connectivity index (χ4n) is 1.50. The Morgan fingerprint density at radius 3 is 2.64 bits per heavy atom. The van der Waals surface area contributed by atoms with Gasteiger partial charge in [-0.1, -0.05) is 6.92 Å². The quantitative estimate of drug-likeness (QED) is 0.805. The van der Waals surface area contributed by atoms with Crippen LogP contribution in [-0.2, 0) is 4.79 Å². The first-order valence-electron chi connectivity index (χ1n) is 4.91. The molecule has 1 unspecified atom stereocenters. The first-order valence-corrected chi connectivity index (χ1v) is 4.91. The Bertz CT molecular complexity index is 328. The molecular formula is C11H17NO2. The van der Waals surface area contributed by atoms with E-state index in [9.17, 15) is 4.79 Å². The molecule has 0 aliphatic rings. The Balaban J connectivity index is 2.73. The summed E-state index contributed by atoms with van der Waals surface area (Å²) in [5.41, 5.74) is 1.06. The summed E-state index contributed by atoms with van der Waals surface area (Å²) in [7, 11) is 0. The predicted molar refractivity (Wildman–Crippen MR) is 55.0 cm³/mol. The highest BCUT2D eigenvalue weighted by atomic mass is 16.3. The van der Waals surface area contributed by atoms with Gasteiger partial charge in [0, 0.05) is 12.0 Å². The summed E-state index contributed by atoms with van der Waals surface area (Å²) in [6, 6.07) is 2.00. The van der Waals surface area contributed by atoms with E-state index in [4.69, 9.17) is 4.42 Å². The van der Waals surface area contributed by atoms with E-state index in [1.807, 2.05) is 33.8 Å². The van der Waals surface area contributed by atoms with Crippen molar-refractivity contribution in [2.45, 2.75) is 40.2 Å². The van der Waals surface area contributed by atoms with Crippen molar-refractivity contribution in [2.75, 3.05) is 0 Å². The van der Waals surface area contributed by atoms with Crippen molar-refractivity contribution < 1.29 is 9.21 Å². The lowest BCUT2D eigenvalue weighted by Gasteiger charge is -2.11. The zero-order valence-electron chi connectivity index (χ0n) is 9.18. The van der Waals surface area contributed by atoms with E-state index in [-0.39, 0.29) is 11.9 Å². The van der Waals surface area contributed by atoms with Gasteiger partial charge in [-0.15, -0.1) is 0 Å². The third-order valence-corrected chi connectivity index (χ3v) is 2.24. The second kappa shape index (κ2) is 4.31. The molecule has 3 nitrogen and oxygen atoms in total. The van der Waals surface area contributed by atoms with E-state index in [2.05, 4.69) is 5.32 Å². The lowest BCUT2D eigenvalue weighted by atomic mass is 10.1. The van der Waals surface area contributed by atoms with E-state index in [0.29, 0.717) is 6.42 Å². The smallest absolute Gasteiger partial charge is 0.220 e. The number of carbonyl (C=O) groups excluding carboxylic acids is 1. The molecule has 1 rings (SSSR count). The molecule has 0 aromatic carbocycles. The van der Waals surface area contributed by atoms with Crippen molar-refractivity contribution in [1.82, 2.24) is 5.32 Å². The van der Waals surface area contributed by atoms with E-state index in [1.54, 1.807) is 0 Å². The molecule has 0 saturated carbocycles. The Labute approximate surface area is 84.5 Å². The van der Waals surface area contributed by atoms with Gasteiger partial charge in [-0.3, -0.25) is 4.79 Å². The highest BCUT2D eigenvalue weighted by Gasteiger charge is 2.13. The van der Waals surface area contributed by atoms with Crippen LogP contribution in [0, 0.1) is 13.8 Å². The first-order chi connectivity index (χ1) is 6.54. The van der Waals surface area contributed by atoms with E-state index in [0.717, 1.165) is 17.1 Å². The summed E-state index contributed by atoms with van der Waals surface area (Å²) in [4.78, 5) is 11.2. The number of rotatable bonds is 3. The van der Waals surface area contributed by atoms with Crippen LogP contribution in [0.2, 0.25) is 0 Å². The average molecular weight is 195 g/mol. The number of furan rings is 1. The molecule has 0 spiro atoms. The minimum absolute atomic E-state index is 0.0277. The predicted octanol–water partition coefficient (Wildman–Crippen LogP) is 2.48. The zero-order valence-corrected chi connectivity index (χ0v) is 9.18. The average Bonchev–Trinajstić information content (AvgIpc) is 2.45. The highest BCUT2D eigenvalue weighted by Crippen LogP contribution is 2.20. The third-order valence-electron chi connectivity index (χ3n) is 2.24. The Kier molecular flexibility index (Phi) is 3.33. The fraction of sp³-hybridized carbons (Fsp3) is 0.545. The molecule has 0 bridgehead atoms. The molecular weight excluding hydrogens is 178 g/mol. The lowest BCUT2D eigenvalue weighted by molar-refractivity contribution is -0.121. The van der Waals surface area contributed by atoms with Crippen LogP contribution in [0.15, 0.2) is 10.5 Å². The topological polar surface area (TPSA) is 42.2 Å². The van der Waals surface area contributed by atoms with E-state index in [1.165, 1.54) is 0 Å². The number of nitrogens with one attached hydrogen (secondary N) is 1. The molecule has 0 aliphatic heterocycles. The molecule has 1 amide bonds. The minimum atomic E-state index is 0.0277. The van der Waals surface area contributed by atoms with Crippen LogP contribution < -0.4 is 5.32 Å². The van der Waals surface area contributed by atoms with E-state index < -0.39 is 0 Å². The maximum Gasteiger partial charge on any atom is 0.220 e. The Morgan fingerprint density at radius 2 is 2.21 bits per heavy atom. The standard InChI is InChI=1S/C11H17NO2/c1-5-11(13)12-8(3)10-6-7(2)14-9(10)4/h6,8H,5H2,1-4H3,(H,12,13). The summed E-state index contributed by atoms with van der Waals surface area (Å²) < 4.78 is 5.40. The lowest BCUT2D eigenvalue weighted by Crippen LogP contribution is -2.25. The van der Waals surface area contributed by atoms with E-state index >= 15 is 0 Å². The molecule has 3 heteroatoms. The van der Waals surface area contributed by atoms with Gasteiger partial charge in [0.05, 0.1) is 6.04 Å². The van der Waals surface area contributed by atoms with Gasteiger partial charge in [-0.05, 0) is 26.8 Å². The maximum atomic E-state index is 11.2. The molecule has 1 aromatic rings. The SMILES string of the molecule is CCC(=O)NC(C)c1cc(C)oc1C. The second-order valence-electron chi connectivity index (χ2n) is 3.51. The highest BCUT2D eigenvalue weighted by molar-refractivity contribution is 5.76. The molecule has 1 N–H and O–H groups in total. The largest absolute Gasteiger partial charge is 0.466 e. The van der Waals surface area contributed by atoms with Gasteiger partial charge in [0.1, 0.15) is 11.5 Å². The minimum Gasteiger partial charge on any atom is -0.466 e. The summed E-state index contributed by atoms with van der Waals surface area (Å²) in [5, 5.41) is 2.90. The maximum absolute atomic E-state index is 11.2. The van der Waals surface area contributed by atoms with Gasteiger partial charge in [0.15, 0.2) is 0 Å². The number of aryl methyl sites for hydroxylation is 2. The number of carbonyl (C=O) groups is 1. The van der Waals surface area contributed by atoms with Crippen molar-refractivity contribution in [2.24, 2.45) is 0 Å². The van der Waals surface area contributed by atoms with Crippen LogP contribution in [0.1, 0.15) is 43.4 Å². The second-order valence-corrected chi connectivity index (χ2v) is 3.51. The molecule has 0 aliphatic carbocycles. The molecule has 1 atom stereocenters. The normalized spacial score (nSPS) is 12.6. The van der Waals surface area contributed by atoms with Gasteiger partial charge in [-0.2, -0.15) is 0 Å². The van der Waals surface area contributed by atoms with Crippen molar-refractivity contribution in [3.63, 3.8) is 0 Å². The molecule has 1 heterocycles. The van der Waals surface area contributed by atoms with Crippen molar-refractivity contribution in [3.05, 3.63) is 23.2 Å². The van der Waals surface area contributed by atoms with Crippen LogP contribution in [0.3, 0.4) is 0 Å². The van der Waals surface area contributed by atoms with Gasteiger partial charge >= 0.3 is 0 Å². The van der Waals surface area contributed by atoms with Crippen molar-refractivity contribution in [1.29, 1.82) is 0 Å². The van der Waals surface area contributed by atoms with Gasteiger partial charge in [0.25, 0.3) is 0 Å². The summed E-state index contributed by atoms with van der Waals surface area (Å²) in [6.45, 7) is 7.63. The summed E-state index contributed by atoms with van der Waals surface area (Å²) in [6.07, 6.45) is 0.514. The van der Waals surface area contributed by atoms with Crippen LogP contribution in [0.4, 0.5) is 0 Å². The molecule has 78 valence electrons. The van der Waals surface area contributed by atoms with Gasteiger partial charge in [-0.25, -0.2) is 0 Å². The van der Waals surface area contributed by atoms with Gasteiger partial charge < -0.3 is 9.73 Å². The molecule has 14 heavy (non-hydrogen) atoms. The first kappa shape index (κ1) is 10.8. The zero-order chi connectivity index (χ0) is 10.7. The monoisotopic (exact) mass is 195 g/mol. The molecule has 0 fully saturated rings. The van der Waals surface area contributed by atoms with Crippen LogP contribution in [0.25, 0.3) is 0 Å². The molecule has 1 aromatic heterocycles.